The van der Waals surface area contributed by atoms with Crippen LogP contribution in [0.15, 0.2) is 73.1 Å². The Morgan fingerprint density at radius 2 is 1.34 bits per heavy atom. The number of fused-ring (bicyclic) bond motifs is 2. The molecule has 3 aromatic carbocycles. The zero-order valence-electron chi connectivity index (χ0n) is 39.3. The first-order valence-electron chi connectivity index (χ1n) is 23.5. The SMILES string of the molecule is O=C(c1c(F)ccc(NS(=O)(=O)N2CC[C@@H](F)C2)c1F)c1c[nH]c2ncc(-c3ccc(OCCOCCOCCOCCOCCOCCOc4ccc5c(c4)C(=O)N(C4CCC(O)NC4=O)C5=O)cc3)cc12. The number of aromatic amines is 1. The lowest BCUT2D eigenvalue weighted by Crippen LogP contribution is -2.55. The number of aliphatic hydroxyl groups excluding tert-OH is 1. The predicted molar refractivity (Wildman–Crippen MR) is 254 cm³/mol. The summed E-state index contributed by atoms with van der Waals surface area (Å²) in [6.45, 7) is 3.38. The summed E-state index contributed by atoms with van der Waals surface area (Å²) in [6, 6.07) is 13.9. The minimum absolute atomic E-state index is 0.0111. The summed E-state index contributed by atoms with van der Waals surface area (Å²) in [5.74, 6) is -4.41. The summed E-state index contributed by atoms with van der Waals surface area (Å²) in [4.78, 5) is 60.0. The van der Waals surface area contributed by atoms with Crippen molar-refractivity contribution in [3.63, 3.8) is 0 Å². The first kappa shape index (κ1) is 52.8. The second-order valence-corrected chi connectivity index (χ2v) is 18.5. The van der Waals surface area contributed by atoms with E-state index in [-0.39, 0.29) is 73.4 Å². The quantitative estimate of drug-likeness (QED) is 0.0328. The van der Waals surface area contributed by atoms with Gasteiger partial charge in [-0.05, 0) is 73.4 Å². The number of ketones is 1. The molecule has 3 aliphatic heterocycles. The third kappa shape index (κ3) is 13.0. The molecule has 20 nitrogen and oxygen atoms in total. The topological polar surface area (TPSA) is 246 Å². The van der Waals surface area contributed by atoms with Crippen molar-refractivity contribution in [2.24, 2.45) is 0 Å². The zero-order valence-corrected chi connectivity index (χ0v) is 40.1. The highest BCUT2D eigenvalue weighted by Gasteiger charge is 2.44. The molecular formula is C49H53F3N6O14S. The predicted octanol–water partition coefficient (Wildman–Crippen LogP) is 4.17. The molecule has 0 spiro atoms. The van der Waals surface area contributed by atoms with Gasteiger partial charge in [0, 0.05) is 42.0 Å². The van der Waals surface area contributed by atoms with Gasteiger partial charge < -0.3 is 48.6 Å². The van der Waals surface area contributed by atoms with Crippen LogP contribution in [0.1, 0.15) is 55.9 Å². The first-order chi connectivity index (χ1) is 35.3. The zero-order chi connectivity index (χ0) is 51.5. The molecule has 24 heteroatoms. The van der Waals surface area contributed by atoms with Gasteiger partial charge in [-0.2, -0.15) is 12.7 Å². The molecule has 0 bridgehead atoms. The molecule has 73 heavy (non-hydrogen) atoms. The number of nitrogens with zero attached hydrogens (tertiary/aromatic N) is 3. The lowest BCUT2D eigenvalue weighted by atomic mass is 10.00. The fourth-order valence-electron chi connectivity index (χ4n) is 8.23. The van der Waals surface area contributed by atoms with E-state index in [1.165, 1.54) is 18.3 Å². The Hall–Kier alpha value is -6.51. The number of rotatable bonds is 27. The second-order valence-electron chi connectivity index (χ2n) is 16.9. The van der Waals surface area contributed by atoms with E-state index in [0.29, 0.717) is 82.1 Å². The number of aliphatic hydroxyl groups is 1. The van der Waals surface area contributed by atoms with Gasteiger partial charge in [-0.25, -0.2) is 18.2 Å². The van der Waals surface area contributed by atoms with Crippen molar-refractivity contribution in [2.45, 2.75) is 37.7 Å². The van der Waals surface area contributed by atoms with E-state index in [1.807, 2.05) is 4.72 Å². The van der Waals surface area contributed by atoms with Crippen molar-refractivity contribution in [3.8, 4) is 22.6 Å². The number of piperidine rings is 1. The smallest absolute Gasteiger partial charge is 0.301 e. The standard InChI is InChI=1S/C49H53F3N6O14S/c50-32-11-12-57(29-32)73(64,65)56-40-8-7-39(51)43(44(40)52)45(60)38-28-54-46-36(38)25-31(27-53-46)30-1-3-33(4-2-30)71-23-21-69-19-17-67-15-13-66-14-16-68-18-20-70-22-24-72-34-5-6-35-37(26-34)49(63)58(48(35)62)41-9-10-42(59)55-47(41)61/h1-8,25-28,32,41-42,56,59H,9-24,29H2,(H,53,54)(H,55,61)/t32-,41?,42?/m1/s1. The number of amides is 3. The lowest BCUT2D eigenvalue weighted by molar-refractivity contribution is -0.131. The highest BCUT2D eigenvalue weighted by atomic mass is 32.2. The van der Waals surface area contributed by atoms with E-state index in [4.69, 9.17) is 33.2 Å². The Bertz CT molecular complexity index is 2890. The molecule has 0 saturated carbocycles. The average Bonchev–Trinajstić information content (AvgIpc) is 4.08. The minimum atomic E-state index is -4.37. The minimum Gasteiger partial charge on any atom is -0.491 e. The molecule has 3 aliphatic rings. The van der Waals surface area contributed by atoms with Crippen LogP contribution < -0.4 is 19.5 Å². The van der Waals surface area contributed by atoms with Gasteiger partial charge in [0.15, 0.2) is 5.82 Å². The lowest BCUT2D eigenvalue weighted by Gasteiger charge is -2.31. The van der Waals surface area contributed by atoms with Crippen molar-refractivity contribution in [2.75, 3.05) is 97.1 Å². The largest absolute Gasteiger partial charge is 0.491 e. The maximum atomic E-state index is 15.7. The summed E-state index contributed by atoms with van der Waals surface area (Å²) in [5.41, 5.74) is 0.226. The van der Waals surface area contributed by atoms with Crippen LogP contribution in [0.25, 0.3) is 22.2 Å². The maximum Gasteiger partial charge on any atom is 0.301 e. The van der Waals surface area contributed by atoms with Crippen LogP contribution in [0.3, 0.4) is 0 Å². The van der Waals surface area contributed by atoms with Crippen LogP contribution in [0.2, 0.25) is 0 Å². The van der Waals surface area contributed by atoms with Gasteiger partial charge in [-0.1, -0.05) is 12.1 Å². The summed E-state index contributed by atoms with van der Waals surface area (Å²) in [6.07, 6.45) is 0.877. The van der Waals surface area contributed by atoms with Crippen LogP contribution in [0.4, 0.5) is 18.9 Å². The Morgan fingerprint density at radius 3 is 1.96 bits per heavy atom. The molecule has 2 unspecified atom stereocenters. The third-order valence-corrected chi connectivity index (χ3v) is 13.5. The molecular weight excluding hydrogens is 986 g/mol. The molecule has 2 fully saturated rings. The molecule has 5 aromatic rings. The number of H-pyrrole nitrogens is 1. The van der Waals surface area contributed by atoms with Crippen molar-refractivity contribution in [1.82, 2.24) is 24.5 Å². The Kier molecular flexibility index (Phi) is 17.7. The average molecular weight is 1040 g/mol. The van der Waals surface area contributed by atoms with Crippen molar-refractivity contribution in [3.05, 3.63) is 107 Å². The Balaban J connectivity index is 0.650. The molecule has 2 aromatic heterocycles. The summed E-state index contributed by atoms with van der Waals surface area (Å²) < 4.78 is 112. The number of hydrogen-bond donors (Lipinski definition) is 4. The van der Waals surface area contributed by atoms with E-state index >= 15 is 8.78 Å². The van der Waals surface area contributed by atoms with Crippen molar-refractivity contribution >= 4 is 50.4 Å². The molecule has 8 rings (SSSR count). The van der Waals surface area contributed by atoms with Crippen molar-refractivity contribution in [1.29, 1.82) is 0 Å². The van der Waals surface area contributed by atoms with E-state index < -0.39 is 81.6 Å². The van der Waals surface area contributed by atoms with Crippen LogP contribution in [-0.4, -0.2) is 167 Å². The van der Waals surface area contributed by atoms with Gasteiger partial charge in [-0.15, -0.1) is 0 Å². The molecule has 390 valence electrons. The van der Waals surface area contributed by atoms with E-state index in [2.05, 4.69) is 15.3 Å². The van der Waals surface area contributed by atoms with Crippen LogP contribution in [0, 0.1) is 11.6 Å². The number of pyridine rings is 1. The molecule has 0 radical (unpaired) electrons. The number of benzene rings is 3. The molecule has 4 N–H and O–H groups in total. The van der Waals surface area contributed by atoms with Gasteiger partial charge in [0.25, 0.3) is 11.8 Å². The Morgan fingerprint density at radius 1 is 0.740 bits per heavy atom. The maximum absolute atomic E-state index is 15.7. The number of anilines is 1. The molecule has 0 aliphatic carbocycles. The number of carbonyl (C=O) groups is 4. The third-order valence-electron chi connectivity index (χ3n) is 12.0. The number of carbonyl (C=O) groups excluding carboxylic acids is 4. The number of hydrogen-bond acceptors (Lipinski definition) is 15. The number of halogens is 3. The van der Waals surface area contributed by atoms with Crippen molar-refractivity contribution < 1.29 is 79.0 Å². The fourth-order valence-corrected chi connectivity index (χ4v) is 9.50. The van der Waals surface area contributed by atoms with Gasteiger partial charge in [0.2, 0.25) is 11.7 Å². The summed E-state index contributed by atoms with van der Waals surface area (Å²) in [5, 5.41) is 12.3. The normalized spacial score (nSPS) is 18.1. The number of nitrogens with one attached hydrogen (secondary N) is 3. The highest BCUT2D eigenvalue weighted by Crippen LogP contribution is 2.33. The summed E-state index contributed by atoms with van der Waals surface area (Å²) in [7, 11) is -4.37. The Labute approximate surface area is 417 Å². The van der Waals surface area contributed by atoms with Gasteiger partial charge in [0.1, 0.15) is 54.6 Å². The summed E-state index contributed by atoms with van der Waals surface area (Å²) >= 11 is 0. The number of aromatic nitrogens is 2. The van der Waals surface area contributed by atoms with Crippen LogP contribution in [-0.2, 0) is 38.7 Å². The van der Waals surface area contributed by atoms with Gasteiger partial charge >= 0.3 is 10.2 Å². The monoisotopic (exact) mass is 1040 g/mol. The van der Waals surface area contributed by atoms with E-state index in [9.17, 15) is 37.1 Å². The number of imide groups is 1. The number of ether oxygens (including phenoxy) is 7. The molecule has 5 heterocycles. The molecule has 2 saturated heterocycles. The first-order valence-corrected chi connectivity index (χ1v) is 24.9. The fraction of sp³-hybridized carbons (Fsp3) is 0.408. The van der Waals surface area contributed by atoms with E-state index in [0.717, 1.165) is 21.3 Å². The van der Waals surface area contributed by atoms with Gasteiger partial charge in [-0.3, -0.25) is 28.8 Å². The van der Waals surface area contributed by atoms with Crippen LogP contribution in [0.5, 0.6) is 11.5 Å². The number of alkyl halides is 1. The molecule has 3 atom stereocenters. The highest BCUT2D eigenvalue weighted by molar-refractivity contribution is 7.90. The molecule has 3 amide bonds. The van der Waals surface area contributed by atoms with E-state index in [1.54, 1.807) is 42.6 Å². The second kappa shape index (κ2) is 24.5. The van der Waals surface area contributed by atoms with Gasteiger partial charge in [0.05, 0.1) is 88.4 Å². The van der Waals surface area contributed by atoms with Crippen LogP contribution >= 0.6 is 0 Å².